The van der Waals surface area contributed by atoms with Crippen molar-refractivity contribution in [3.8, 4) is 17.1 Å². The van der Waals surface area contributed by atoms with E-state index in [4.69, 9.17) is 26.7 Å². The van der Waals surface area contributed by atoms with Crippen molar-refractivity contribution in [2.45, 2.75) is 0 Å². The zero-order valence-electron chi connectivity index (χ0n) is 17.6. The SMILES string of the molecule is COC(=O)c1ccc(-c2nc(Nc3ccccc3)c(C=N)c(=O)n2-c2ccc(Cl)cc2)cc1. The molecule has 1 heterocycles. The molecule has 4 rings (SSSR count). The molecular weight excluding hydrogens is 440 g/mol. The minimum atomic E-state index is -0.463. The van der Waals surface area contributed by atoms with Gasteiger partial charge in [-0.1, -0.05) is 41.9 Å². The first-order valence-corrected chi connectivity index (χ1v) is 10.3. The first-order chi connectivity index (χ1) is 16.0. The number of methoxy groups -OCH3 is 1. The van der Waals surface area contributed by atoms with E-state index in [0.717, 1.165) is 11.9 Å². The molecule has 0 saturated carbocycles. The fourth-order valence-electron chi connectivity index (χ4n) is 3.31. The van der Waals surface area contributed by atoms with Gasteiger partial charge in [0.1, 0.15) is 17.2 Å². The quantitative estimate of drug-likeness (QED) is 0.310. The number of halogens is 1. The van der Waals surface area contributed by atoms with E-state index in [1.165, 1.54) is 11.7 Å². The van der Waals surface area contributed by atoms with Crippen LogP contribution in [0.5, 0.6) is 0 Å². The molecule has 0 aliphatic rings. The van der Waals surface area contributed by atoms with E-state index in [-0.39, 0.29) is 11.4 Å². The van der Waals surface area contributed by atoms with Crippen molar-refractivity contribution in [2.24, 2.45) is 0 Å². The number of anilines is 2. The largest absolute Gasteiger partial charge is 0.465 e. The van der Waals surface area contributed by atoms with Crippen LogP contribution in [-0.4, -0.2) is 28.8 Å². The Morgan fingerprint density at radius 1 is 1.03 bits per heavy atom. The highest BCUT2D eigenvalue weighted by Gasteiger charge is 2.19. The van der Waals surface area contributed by atoms with Crippen molar-refractivity contribution < 1.29 is 9.53 Å². The molecule has 33 heavy (non-hydrogen) atoms. The number of esters is 1. The fraction of sp³-hybridized carbons (Fsp3) is 0.0400. The Bertz CT molecular complexity index is 1370. The molecule has 4 aromatic rings. The highest BCUT2D eigenvalue weighted by Crippen LogP contribution is 2.25. The van der Waals surface area contributed by atoms with Crippen LogP contribution in [0.4, 0.5) is 11.5 Å². The first-order valence-electron chi connectivity index (χ1n) is 9.96. The van der Waals surface area contributed by atoms with Gasteiger partial charge >= 0.3 is 5.97 Å². The topological polar surface area (TPSA) is 97.1 Å². The molecule has 0 unspecified atom stereocenters. The van der Waals surface area contributed by atoms with Crippen molar-refractivity contribution in [1.29, 1.82) is 5.41 Å². The van der Waals surface area contributed by atoms with Crippen LogP contribution < -0.4 is 10.9 Å². The van der Waals surface area contributed by atoms with Crippen molar-refractivity contribution >= 4 is 35.3 Å². The van der Waals surface area contributed by atoms with Gasteiger partial charge in [0, 0.05) is 22.5 Å². The van der Waals surface area contributed by atoms with Gasteiger partial charge in [-0.25, -0.2) is 9.78 Å². The summed E-state index contributed by atoms with van der Waals surface area (Å²) in [4.78, 5) is 30.1. The number of nitrogens with zero attached hydrogens (tertiary/aromatic N) is 2. The van der Waals surface area contributed by atoms with Gasteiger partial charge in [-0.2, -0.15) is 0 Å². The van der Waals surface area contributed by atoms with Crippen LogP contribution >= 0.6 is 11.6 Å². The average molecular weight is 459 g/mol. The highest BCUT2D eigenvalue weighted by molar-refractivity contribution is 6.30. The van der Waals surface area contributed by atoms with Crippen molar-refractivity contribution in [3.63, 3.8) is 0 Å². The predicted molar refractivity (Wildman–Crippen MR) is 129 cm³/mol. The minimum absolute atomic E-state index is 0.101. The lowest BCUT2D eigenvalue weighted by Gasteiger charge is -2.17. The fourth-order valence-corrected chi connectivity index (χ4v) is 3.44. The zero-order valence-corrected chi connectivity index (χ0v) is 18.3. The molecule has 0 aliphatic carbocycles. The molecule has 3 aromatic carbocycles. The third-order valence-corrected chi connectivity index (χ3v) is 5.20. The number of benzene rings is 3. The smallest absolute Gasteiger partial charge is 0.337 e. The lowest BCUT2D eigenvalue weighted by molar-refractivity contribution is 0.0600. The van der Waals surface area contributed by atoms with Crippen LogP contribution in [0.2, 0.25) is 5.02 Å². The summed E-state index contributed by atoms with van der Waals surface area (Å²) in [6.07, 6.45) is 0.983. The van der Waals surface area contributed by atoms with E-state index in [2.05, 4.69) is 5.32 Å². The van der Waals surface area contributed by atoms with E-state index in [9.17, 15) is 9.59 Å². The van der Waals surface area contributed by atoms with Crippen LogP contribution in [0.3, 0.4) is 0 Å². The molecular formula is C25H19ClN4O3. The number of nitrogens with one attached hydrogen (secondary N) is 2. The molecule has 0 spiro atoms. The molecule has 0 bridgehead atoms. The third-order valence-electron chi connectivity index (χ3n) is 4.95. The van der Waals surface area contributed by atoms with Gasteiger partial charge in [0.05, 0.1) is 18.4 Å². The van der Waals surface area contributed by atoms with Crippen LogP contribution in [0.1, 0.15) is 15.9 Å². The number of carbonyl (C=O) groups is 1. The molecule has 0 radical (unpaired) electrons. The lowest BCUT2D eigenvalue weighted by Crippen LogP contribution is -2.26. The third kappa shape index (κ3) is 4.53. The van der Waals surface area contributed by atoms with Gasteiger partial charge in [-0.3, -0.25) is 9.36 Å². The molecule has 0 aliphatic heterocycles. The summed E-state index contributed by atoms with van der Waals surface area (Å²) >= 11 is 6.04. The molecule has 0 saturated heterocycles. The molecule has 0 fully saturated rings. The van der Waals surface area contributed by atoms with Gasteiger partial charge < -0.3 is 15.5 Å². The monoisotopic (exact) mass is 458 g/mol. The van der Waals surface area contributed by atoms with Gasteiger partial charge in [-0.05, 0) is 48.5 Å². The van der Waals surface area contributed by atoms with Crippen molar-refractivity contribution in [2.75, 3.05) is 12.4 Å². The number of carbonyl (C=O) groups excluding carboxylic acids is 1. The Morgan fingerprint density at radius 3 is 2.30 bits per heavy atom. The number of hydrogen-bond acceptors (Lipinski definition) is 6. The zero-order chi connectivity index (χ0) is 23.4. The summed E-state index contributed by atoms with van der Waals surface area (Å²) in [5, 5.41) is 11.5. The Kier molecular flexibility index (Phi) is 6.33. The second-order valence-electron chi connectivity index (χ2n) is 7.02. The predicted octanol–water partition coefficient (Wildman–Crippen LogP) is 5.08. The molecule has 1 aromatic heterocycles. The van der Waals surface area contributed by atoms with Gasteiger partial charge in [-0.15, -0.1) is 0 Å². The minimum Gasteiger partial charge on any atom is -0.465 e. The van der Waals surface area contributed by atoms with Crippen LogP contribution in [0.15, 0.2) is 83.7 Å². The maximum absolute atomic E-state index is 13.5. The van der Waals surface area contributed by atoms with Crippen LogP contribution in [0.25, 0.3) is 17.1 Å². The van der Waals surface area contributed by atoms with E-state index in [1.54, 1.807) is 48.5 Å². The summed E-state index contributed by atoms with van der Waals surface area (Å²) in [5.74, 6) is 0.122. The maximum Gasteiger partial charge on any atom is 0.337 e. The van der Waals surface area contributed by atoms with E-state index < -0.39 is 11.5 Å². The summed E-state index contributed by atoms with van der Waals surface area (Å²) in [6, 6.07) is 22.6. The van der Waals surface area contributed by atoms with Gasteiger partial charge in [0.25, 0.3) is 5.56 Å². The Hall–Kier alpha value is -4.23. The molecule has 7 nitrogen and oxygen atoms in total. The van der Waals surface area contributed by atoms with Gasteiger partial charge in [0.2, 0.25) is 0 Å². The second-order valence-corrected chi connectivity index (χ2v) is 7.46. The molecule has 2 N–H and O–H groups in total. The maximum atomic E-state index is 13.5. The first kappa shape index (κ1) is 22.0. The van der Waals surface area contributed by atoms with E-state index in [1.807, 2.05) is 30.3 Å². The van der Waals surface area contributed by atoms with Crippen molar-refractivity contribution in [3.05, 3.63) is 105 Å². The Labute approximate surface area is 194 Å². The lowest BCUT2D eigenvalue weighted by atomic mass is 10.1. The number of ether oxygens (including phenoxy) is 1. The Morgan fingerprint density at radius 2 is 1.70 bits per heavy atom. The average Bonchev–Trinajstić information content (AvgIpc) is 2.85. The summed E-state index contributed by atoms with van der Waals surface area (Å²) in [7, 11) is 1.31. The number of hydrogen-bond donors (Lipinski definition) is 2. The van der Waals surface area contributed by atoms with E-state index >= 15 is 0 Å². The van der Waals surface area contributed by atoms with Crippen LogP contribution in [0, 0.1) is 5.41 Å². The molecule has 8 heteroatoms. The number of aromatic nitrogens is 2. The molecule has 0 amide bonds. The summed E-state index contributed by atoms with van der Waals surface area (Å²) in [6.45, 7) is 0. The summed E-state index contributed by atoms with van der Waals surface area (Å²) < 4.78 is 6.18. The highest BCUT2D eigenvalue weighted by atomic mass is 35.5. The Balaban J connectivity index is 1.95. The van der Waals surface area contributed by atoms with E-state index in [0.29, 0.717) is 27.7 Å². The number of para-hydroxylation sites is 1. The summed E-state index contributed by atoms with van der Waals surface area (Å²) in [5.41, 5.74) is 1.92. The van der Waals surface area contributed by atoms with Crippen molar-refractivity contribution in [1.82, 2.24) is 9.55 Å². The normalized spacial score (nSPS) is 10.5. The van der Waals surface area contributed by atoms with Crippen LogP contribution in [-0.2, 0) is 4.74 Å². The molecule has 0 atom stereocenters. The number of rotatable bonds is 6. The standard InChI is InChI=1S/C25H19ClN4O3/c1-33-25(32)17-9-7-16(8-10-17)23-29-22(28-19-5-3-2-4-6-19)21(15-27)24(31)30(23)20-13-11-18(26)12-14-20/h2-15,27-28H,1H3. The molecule has 164 valence electrons. The van der Waals surface area contributed by atoms with Gasteiger partial charge in [0.15, 0.2) is 0 Å². The second kappa shape index (κ2) is 9.50.